The van der Waals surface area contributed by atoms with Gasteiger partial charge in [-0.25, -0.2) is 0 Å². The van der Waals surface area contributed by atoms with Crippen molar-refractivity contribution in [2.45, 2.75) is 40.2 Å². The highest BCUT2D eigenvalue weighted by molar-refractivity contribution is 7.99. The van der Waals surface area contributed by atoms with Gasteiger partial charge in [0, 0.05) is 0 Å². The molecule has 0 amide bonds. The lowest BCUT2D eigenvalue weighted by atomic mass is 9.89. The summed E-state index contributed by atoms with van der Waals surface area (Å²) in [5, 5.41) is 9.99. The Kier molecular flexibility index (Phi) is 8.76. The second kappa shape index (κ2) is 8.88. The van der Waals surface area contributed by atoms with Gasteiger partial charge in [0.05, 0.1) is 18.6 Å². The molecule has 3 nitrogen and oxygen atoms in total. The summed E-state index contributed by atoms with van der Waals surface area (Å²) in [6, 6.07) is 0. The summed E-state index contributed by atoms with van der Waals surface area (Å²) in [6.45, 7) is 8.13. The number of ether oxygens (including phenoxy) is 1. The van der Waals surface area contributed by atoms with E-state index in [2.05, 4.69) is 6.92 Å². The van der Waals surface area contributed by atoms with E-state index in [-0.39, 0.29) is 11.9 Å². The third-order valence-electron chi connectivity index (χ3n) is 2.45. The second-order valence-electron chi connectivity index (χ2n) is 4.07. The summed E-state index contributed by atoms with van der Waals surface area (Å²) < 4.78 is 4.99. The van der Waals surface area contributed by atoms with Gasteiger partial charge in [-0.05, 0) is 30.8 Å². The van der Waals surface area contributed by atoms with Crippen LogP contribution >= 0.6 is 11.8 Å². The molecule has 0 aromatic carbocycles. The molecule has 0 aromatic rings. The fraction of sp³-hybridized carbons (Fsp3) is 0.917. The molecule has 0 rings (SSSR count). The van der Waals surface area contributed by atoms with Gasteiger partial charge in [-0.1, -0.05) is 20.8 Å². The molecule has 0 spiro atoms. The summed E-state index contributed by atoms with van der Waals surface area (Å²) in [7, 11) is 0. The molecule has 2 unspecified atom stereocenters. The molecule has 0 saturated carbocycles. The molecule has 2 atom stereocenters. The molecule has 96 valence electrons. The first kappa shape index (κ1) is 15.8. The third kappa shape index (κ3) is 5.75. The van der Waals surface area contributed by atoms with Crippen LogP contribution in [-0.2, 0) is 9.53 Å². The summed E-state index contributed by atoms with van der Waals surface area (Å²) >= 11 is 1.78. The van der Waals surface area contributed by atoms with E-state index in [1.165, 1.54) is 0 Å². The van der Waals surface area contributed by atoms with Gasteiger partial charge in [0.15, 0.2) is 0 Å². The molecule has 0 aliphatic heterocycles. The topological polar surface area (TPSA) is 46.5 Å². The zero-order chi connectivity index (χ0) is 12.6. The quantitative estimate of drug-likeness (QED) is 0.529. The number of carbonyl (C=O) groups is 1. The fourth-order valence-electron chi connectivity index (χ4n) is 1.64. The van der Waals surface area contributed by atoms with Crippen molar-refractivity contribution in [2.24, 2.45) is 11.8 Å². The van der Waals surface area contributed by atoms with Crippen molar-refractivity contribution in [1.82, 2.24) is 0 Å². The van der Waals surface area contributed by atoms with Gasteiger partial charge in [-0.15, -0.1) is 0 Å². The molecule has 0 fully saturated rings. The number of esters is 1. The number of thioether (sulfide) groups is 1. The predicted octanol–water partition coefficient (Wildman–Crippen LogP) is 2.33. The van der Waals surface area contributed by atoms with E-state index in [0.717, 1.165) is 11.5 Å². The maximum atomic E-state index is 11.7. The van der Waals surface area contributed by atoms with Gasteiger partial charge in [-0.3, -0.25) is 4.79 Å². The Morgan fingerprint density at radius 1 is 1.38 bits per heavy atom. The van der Waals surface area contributed by atoms with Gasteiger partial charge in [0.1, 0.15) is 0 Å². The van der Waals surface area contributed by atoms with Crippen LogP contribution in [0.4, 0.5) is 0 Å². The van der Waals surface area contributed by atoms with E-state index in [0.29, 0.717) is 13.0 Å². The Morgan fingerprint density at radius 2 is 2.00 bits per heavy atom. The van der Waals surface area contributed by atoms with Gasteiger partial charge < -0.3 is 9.84 Å². The van der Waals surface area contributed by atoms with Crippen LogP contribution in [0.25, 0.3) is 0 Å². The number of hydrogen-bond donors (Lipinski definition) is 1. The first-order valence-electron chi connectivity index (χ1n) is 5.96. The molecular weight excluding hydrogens is 224 g/mol. The minimum absolute atomic E-state index is 0.112. The van der Waals surface area contributed by atoms with Crippen LogP contribution in [0, 0.1) is 11.8 Å². The molecule has 0 aromatic heterocycles. The zero-order valence-corrected chi connectivity index (χ0v) is 11.5. The minimum atomic E-state index is -0.585. The fourth-order valence-corrected chi connectivity index (χ4v) is 2.34. The van der Waals surface area contributed by atoms with Crippen LogP contribution in [0.3, 0.4) is 0 Å². The monoisotopic (exact) mass is 248 g/mol. The van der Waals surface area contributed by atoms with Crippen LogP contribution in [0.5, 0.6) is 0 Å². The normalized spacial score (nSPS) is 14.9. The molecule has 4 heteroatoms. The van der Waals surface area contributed by atoms with Crippen LogP contribution in [-0.4, -0.2) is 35.3 Å². The maximum Gasteiger partial charge on any atom is 0.311 e. The van der Waals surface area contributed by atoms with Gasteiger partial charge >= 0.3 is 5.97 Å². The van der Waals surface area contributed by atoms with Crippen molar-refractivity contribution in [1.29, 1.82) is 0 Å². The SMILES string of the molecule is CCOC(=O)C(C(C)C)C(O)CCSCC. The first-order valence-corrected chi connectivity index (χ1v) is 7.12. The van der Waals surface area contributed by atoms with Crippen LogP contribution in [0.1, 0.15) is 34.1 Å². The highest BCUT2D eigenvalue weighted by Gasteiger charge is 2.30. The lowest BCUT2D eigenvalue weighted by Crippen LogP contribution is -2.34. The lowest BCUT2D eigenvalue weighted by Gasteiger charge is -2.24. The Morgan fingerprint density at radius 3 is 2.44 bits per heavy atom. The number of aliphatic hydroxyl groups excluding tert-OH is 1. The van der Waals surface area contributed by atoms with E-state index >= 15 is 0 Å². The average Bonchev–Trinajstić information content (AvgIpc) is 2.18. The smallest absolute Gasteiger partial charge is 0.311 e. The Bertz CT molecular complexity index is 195. The molecule has 0 aliphatic rings. The maximum absolute atomic E-state index is 11.7. The standard InChI is InChI=1S/C12H24O3S/c1-5-15-12(14)11(9(3)4)10(13)7-8-16-6-2/h9-11,13H,5-8H2,1-4H3. The molecule has 0 radical (unpaired) electrons. The Labute approximate surface area is 103 Å². The second-order valence-corrected chi connectivity index (χ2v) is 5.47. The van der Waals surface area contributed by atoms with Crippen molar-refractivity contribution in [2.75, 3.05) is 18.1 Å². The van der Waals surface area contributed by atoms with Gasteiger partial charge in [0.25, 0.3) is 0 Å². The van der Waals surface area contributed by atoms with Crippen molar-refractivity contribution < 1.29 is 14.6 Å². The van der Waals surface area contributed by atoms with Crippen LogP contribution in [0.2, 0.25) is 0 Å². The highest BCUT2D eigenvalue weighted by Crippen LogP contribution is 2.21. The first-order chi connectivity index (χ1) is 7.54. The van der Waals surface area contributed by atoms with E-state index in [1.54, 1.807) is 18.7 Å². The van der Waals surface area contributed by atoms with Crippen molar-refractivity contribution in [3.05, 3.63) is 0 Å². The molecule has 0 bridgehead atoms. The molecule has 1 N–H and O–H groups in total. The minimum Gasteiger partial charge on any atom is -0.466 e. The Hall–Kier alpha value is -0.220. The number of aliphatic hydroxyl groups is 1. The summed E-state index contributed by atoms with van der Waals surface area (Å²) in [4.78, 5) is 11.7. The third-order valence-corrected chi connectivity index (χ3v) is 3.39. The largest absolute Gasteiger partial charge is 0.466 e. The van der Waals surface area contributed by atoms with Crippen molar-refractivity contribution >= 4 is 17.7 Å². The van der Waals surface area contributed by atoms with E-state index < -0.39 is 12.0 Å². The summed E-state index contributed by atoms with van der Waals surface area (Å²) in [6.07, 6.45) is 0.0679. The molecular formula is C12H24O3S. The van der Waals surface area contributed by atoms with Gasteiger partial charge in [0.2, 0.25) is 0 Å². The molecule has 0 saturated heterocycles. The Balaban J connectivity index is 4.23. The van der Waals surface area contributed by atoms with Crippen LogP contribution in [0.15, 0.2) is 0 Å². The predicted molar refractivity (Wildman–Crippen MR) is 68.6 cm³/mol. The summed E-state index contributed by atoms with van der Waals surface area (Å²) in [5.41, 5.74) is 0. The highest BCUT2D eigenvalue weighted by atomic mass is 32.2. The summed E-state index contributed by atoms with van der Waals surface area (Å²) in [5.74, 6) is 1.38. The molecule has 0 aliphatic carbocycles. The molecule has 16 heavy (non-hydrogen) atoms. The van der Waals surface area contributed by atoms with Gasteiger partial charge in [-0.2, -0.15) is 11.8 Å². The van der Waals surface area contributed by atoms with E-state index in [1.807, 2.05) is 13.8 Å². The number of carbonyl (C=O) groups excluding carboxylic acids is 1. The number of hydrogen-bond acceptors (Lipinski definition) is 4. The van der Waals surface area contributed by atoms with Crippen LogP contribution < -0.4 is 0 Å². The molecule has 0 heterocycles. The van der Waals surface area contributed by atoms with Crippen molar-refractivity contribution in [3.8, 4) is 0 Å². The van der Waals surface area contributed by atoms with E-state index in [9.17, 15) is 9.90 Å². The zero-order valence-electron chi connectivity index (χ0n) is 10.7. The number of rotatable bonds is 8. The average molecular weight is 248 g/mol. The van der Waals surface area contributed by atoms with E-state index in [4.69, 9.17) is 4.74 Å². The van der Waals surface area contributed by atoms with Crippen molar-refractivity contribution in [3.63, 3.8) is 0 Å². The lowest BCUT2D eigenvalue weighted by molar-refractivity contribution is -0.154.